The molecule has 0 saturated heterocycles. The van der Waals surface area contributed by atoms with Crippen LogP contribution in [0.5, 0.6) is 0 Å². The van der Waals surface area contributed by atoms with Gasteiger partial charge in [-0.3, -0.25) is 11.3 Å². The van der Waals surface area contributed by atoms with Gasteiger partial charge in [0.1, 0.15) is 0 Å². The summed E-state index contributed by atoms with van der Waals surface area (Å²) in [6.45, 7) is 0. The Labute approximate surface area is 129 Å². The van der Waals surface area contributed by atoms with E-state index >= 15 is 0 Å². The van der Waals surface area contributed by atoms with Gasteiger partial charge in [-0.1, -0.05) is 54.1 Å². The summed E-state index contributed by atoms with van der Waals surface area (Å²) < 4.78 is 1.14. The van der Waals surface area contributed by atoms with Crippen molar-refractivity contribution < 1.29 is 0 Å². The molecule has 106 valence electrons. The highest BCUT2D eigenvalue weighted by molar-refractivity contribution is 9.10. The minimum atomic E-state index is 0.423. The molecule has 1 fully saturated rings. The largest absolute Gasteiger partial charge is 0.271 e. The van der Waals surface area contributed by atoms with E-state index in [-0.39, 0.29) is 0 Å². The van der Waals surface area contributed by atoms with Crippen LogP contribution in [-0.4, -0.2) is 11.8 Å². The molecule has 2 rings (SSSR count). The number of benzene rings is 1. The van der Waals surface area contributed by atoms with Gasteiger partial charge >= 0.3 is 0 Å². The van der Waals surface area contributed by atoms with E-state index in [1.807, 2.05) is 11.8 Å². The predicted octanol–water partition coefficient (Wildman–Crippen LogP) is 4.34. The van der Waals surface area contributed by atoms with Gasteiger partial charge in [0.2, 0.25) is 0 Å². The van der Waals surface area contributed by atoms with Gasteiger partial charge in [0, 0.05) is 21.2 Å². The first-order chi connectivity index (χ1) is 9.28. The molecule has 1 aliphatic carbocycles. The second-order valence-electron chi connectivity index (χ2n) is 5.37. The molecule has 3 N–H and O–H groups in total. The molecule has 0 spiro atoms. The lowest BCUT2D eigenvalue weighted by atomic mass is 9.85. The fourth-order valence-electron chi connectivity index (χ4n) is 2.76. The Morgan fingerprint density at radius 2 is 2.11 bits per heavy atom. The minimum Gasteiger partial charge on any atom is -0.271 e. The number of hydrogen-bond acceptors (Lipinski definition) is 3. The average molecular weight is 343 g/mol. The summed E-state index contributed by atoms with van der Waals surface area (Å²) in [6.07, 6.45) is 8.22. The third-order valence-electron chi connectivity index (χ3n) is 3.83. The van der Waals surface area contributed by atoms with Crippen LogP contribution in [0.4, 0.5) is 0 Å². The van der Waals surface area contributed by atoms with Gasteiger partial charge < -0.3 is 0 Å². The molecular formula is C15H23BrN2S. The lowest BCUT2D eigenvalue weighted by molar-refractivity contribution is 0.308. The van der Waals surface area contributed by atoms with Gasteiger partial charge in [0.05, 0.1) is 0 Å². The van der Waals surface area contributed by atoms with Gasteiger partial charge in [0.25, 0.3) is 0 Å². The van der Waals surface area contributed by atoms with Gasteiger partial charge in [-0.25, -0.2) is 0 Å². The first-order valence-corrected chi connectivity index (χ1v) is 8.90. The molecular weight excluding hydrogens is 320 g/mol. The Bertz CT molecular complexity index is 380. The maximum absolute atomic E-state index is 5.71. The van der Waals surface area contributed by atoms with Crippen molar-refractivity contribution >= 4 is 27.7 Å². The van der Waals surface area contributed by atoms with Crippen LogP contribution in [0.25, 0.3) is 0 Å². The van der Waals surface area contributed by atoms with E-state index in [0.29, 0.717) is 6.04 Å². The summed E-state index contributed by atoms with van der Waals surface area (Å²) in [6, 6.07) is 8.89. The minimum absolute atomic E-state index is 0.423. The highest BCUT2D eigenvalue weighted by Crippen LogP contribution is 2.29. The number of thioether (sulfide) groups is 1. The number of halogens is 1. The fraction of sp³-hybridized carbons (Fsp3) is 0.600. The van der Waals surface area contributed by atoms with Crippen molar-refractivity contribution in [2.45, 2.75) is 49.5 Å². The SMILES string of the molecule is NNC(CSc1cccc(Br)c1)CC1CCCCC1. The molecule has 1 unspecified atom stereocenters. The second-order valence-corrected chi connectivity index (χ2v) is 7.38. The van der Waals surface area contributed by atoms with E-state index in [0.717, 1.165) is 16.1 Å². The normalized spacial score (nSPS) is 18.4. The monoisotopic (exact) mass is 342 g/mol. The Kier molecular flexibility index (Phi) is 6.71. The third-order valence-corrected chi connectivity index (χ3v) is 5.48. The third kappa shape index (κ3) is 5.46. The van der Waals surface area contributed by atoms with Crippen LogP contribution < -0.4 is 11.3 Å². The molecule has 0 amide bonds. The standard InChI is InChI=1S/C15H23BrN2S/c16-13-7-4-8-15(10-13)19-11-14(18-17)9-12-5-2-1-3-6-12/h4,7-8,10,12,14,18H,1-3,5-6,9,11,17H2. The summed E-state index contributed by atoms with van der Waals surface area (Å²) in [7, 11) is 0. The van der Waals surface area contributed by atoms with Crippen molar-refractivity contribution in [3.63, 3.8) is 0 Å². The molecule has 0 heterocycles. The van der Waals surface area contributed by atoms with Crippen molar-refractivity contribution in [3.8, 4) is 0 Å². The maximum Gasteiger partial charge on any atom is 0.0307 e. The Hall–Kier alpha value is -0.0300. The van der Waals surface area contributed by atoms with Gasteiger partial charge in [-0.05, 0) is 30.5 Å². The lowest BCUT2D eigenvalue weighted by Crippen LogP contribution is -2.38. The van der Waals surface area contributed by atoms with Crippen molar-refractivity contribution in [1.82, 2.24) is 5.43 Å². The molecule has 0 radical (unpaired) electrons. The zero-order chi connectivity index (χ0) is 13.5. The summed E-state index contributed by atoms with van der Waals surface area (Å²) in [5, 5.41) is 0. The molecule has 19 heavy (non-hydrogen) atoms. The fourth-order valence-corrected chi connectivity index (χ4v) is 4.32. The van der Waals surface area contributed by atoms with E-state index in [1.165, 1.54) is 43.4 Å². The quantitative estimate of drug-likeness (QED) is 0.458. The van der Waals surface area contributed by atoms with Crippen molar-refractivity contribution in [2.24, 2.45) is 11.8 Å². The number of rotatable bonds is 6. The van der Waals surface area contributed by atoms with Crippen LogP contribution in [-0.2, 0) is 0 Å². The maximum atomic E-state index is 5.71. The van der Waals surface area contributed by atoms with E-state index < -0.39 is 0 Å². The Morgan fingerprint density at radius 1 is 1.32 bits per heavy atom. The molecule has 0 bridgehead atoms. The molecule has 2 nitrogen and oxygen atoms in total. The van der Waals surface area contributed by atoms with Crippen LogP contribution in [0.15, 0.2) is 33.6 Å². The highest BCUT2D eigenvalue weighted by Gasteiger charge is 2.18. The number of nitrogens with two attached hydrogens (primary N) is 1. The molecule has 4 heteroatoms. The second kappa shape index (κ2) is 8.30. The molecule has 1 saturated carbocycles. The summed E-state index contributed by atoms with van der Waals surface area (Å²) in [5.41, 5.74) is 3.00. The van der Waals surface area contributed by atoms with Crippen LogP contribution in [0.3, 0.4) is 0 Å². The molecule has 1 aliphatic rings. The van der Waals surface area contributed by atoms with Gasteiger partial charge in [0.15, 0.2) is 0 Å². The van der Waals surface area contributed by atoms with E-state index in [9.17, 15) is 0 Å². The highest BCUT2D eigenvalue weighted by atomic mass is 79.9. The Balaban J connectivity index is 1.78. The van der Waals surface area contributed by atoms with Crippen LogP contribution >= 0.6 is 27.7 Å². The topological polar surface area (TPSA) is 38.0 Å². The molecule has 0 aliphatic heterocycles. The summed E-state index contributed by atoms with van der Waals surface area (Å²) in [4.78, 5) is 1.30. The van der Waals surface area contributed by atoms with E-state index in [1.54, 1.807) is 0 Å². The zero-order valence-electron chi connectivity index (χ0n) is 11.3. The smallest absolute Gasteiger partial charge is 0.0307 e. The van der Waals surface area contributed by atoms with E-state index in [2.05, 4.69) is 45.6 Å². The molecule has 1 atom stereocenters. The van der Waals surface area contributed by atoms with Gasteiger partial charge in [-0.15, -0.1) is 11.8 Å². The van der Waals surface area contributed by atoms with Crippen molar-refractivity contribution in [3.05, 3.63) is 28.7 Å². The van der Waals surface area contributed by atoms with E-state index in [4.69, 9.17) is 5.84 Å². The molecule has 1 aromatic carbocycles. The van der Waals surface area contributed by atoms with Gasteiger partial charge in [-0.2, -0.15) is 0 Å². The average Bonchev–Trinajstić information content (AvgIpc) is 2.44. The summed E-state index contributed by atoms with van der Waals surface area (Å²) >= 11 is 5.40. The zero-order valence-corrected chi connectivity index (χ0v) is 13.7. The first-order valence-electron chi connectivity index (χ1n) is 7.12. The molecule has 0 aromatic heterocycles. The van der Waals surface area contributed by atoms with Crippen LogP contribution in [0.2, 0.25) is 0 Å². The predicted molar refractivity (Wildman–Crippen MR) is 87.2 cm³/mol. The molecule has 1 aromatic rings. The lowest BCUT2D eigenvalue weighted by Gasteiger charge is -2.26. The van der Waals surface area contributed by atoms with Crippen molar-refractivity contribution in [1.29, 1.82) is 0 Å². The Morgan fingerprint density at radius 3 is 2.79 bits per heavy atom. The van der Waals surface area contributed by atoms with Crippen LogP contribution in [0.1, 0.15) is 38.5 Å². The number of hydrazine groups is 1. The number of nitrogens with one attached hydrogen (secondary N) is 1. The summed E-state index contributed by atoms with van der Waals surface area (Å²) in [5.74, 6) is 7.63. The van der Waals surface area contributed by atoms with Crippen LogP contribution in [0, 0.1) is 5.92 Å². The number of hydrogen-bond donors (Lipinski definition) is 2. The van der Waals surface area contributed by atoms with Crippen molar-refractivity contribution in [2.75, 3.05) is 5.75 Å². The first kappa shape index (κ1) is 15.4.